The Morgan fingerprint density at radius 1 is 1.33 bits per heavy atom. The summed E-state index contributed by atoms with van der Waals surface area (Å²) in [5, 5.41) is 10.9. The van der Waals surface area contributed by atoms with Gasteiger partial charge in [-0.15, -0.1) is 0 Å². The SMILES string of the molecule is Cc1ccc(C(C)CNC(=O)C2(n3cccn3)CCNCC2)cc1. The molecule has 1 aliphatic rings. The summed E-state index contributed by atoms with van der Waals surface area (Å²) in [7, 11) is 0. The molecular weight excluding hydrogens is 300 g/mol. The van der Waals surface area contributed by atoms with Crippen molar-refractivity contribution >= 4 is 5.91 Å². The van der Waals surface area contributed by atoms with Crippen LogP contribution in [0.1, 0.15) is 36.8 Å². The Bertz CT molecular complexity index is 657. The molecule has 0 spiro atoms. The Hall–Kier alpha value is -2.14. The number of amides is 1. The fourth-order valence-electron chi connectivity index (χ4n) is 3.35. The molecule has 5 heteroatoms. The highest BCUT2D eigenvalue weighted by molar-refractivity contribution is 5.84. The van der Waals surface area contributed by atoms with Crippen molar-refractivity contribution in [1.82, 2.24) is 20.4 Å². The quantitative estimate of drug-likeness (QED) is 0.885. The van der Waals surface area contributed by atoms with E-state index in [1.54, 1.807) is 6.20 Å². The van der Waals surface area contributed by atoms with E-state index >= 15 is 0 Å². The van der Waals surface area contributed by atoms with Crippen molar-refractivity contribution < 1.29 is 4.79 Å². The number of benzene rings is 1. The van der Waals surface area contributed by atoms with Crippen LogP contribution in [-0.4, -0.2) is 35.3 Å². The lowest BCUT2D eigenvalue weighted by Crippen LogP contribution is -2.55. The van der Waals surface area contributed by atoms with Crippen LogP contribution in [0.25, 0.3) is 0 Å². The Morgan fingerprint density at radius 2 is 2.04 bits per heavy atom. The fourth-order valence-corrected chi connectivity index (χ4v) is 3.35. The van der Waals surface area contributed by atoms with Crippen molar-refractivity contribution in [2.75, 3.05) is 19.6 Å². The second-order valence-electron chi connectivity index (χ2n) is 6.75. The minimum Gasteiger partial charge on any atom is -0.353 e. The maximum atomic E-state index is 13.0. The van der Waals surface area contributed by atoms with Gasteiger partial charge in [-0.05, 0) is 50.4 Å². The fraction of sp³-hybridized carbons (Fsp3) is 0.474. The molecule has 1 amide bonds. The molecular formula is C19H26N4O. The van der Waals surface area contributed by atoms with Crippen LogP contribution in [0.15, 0.2) is 42.7 Å². The first-order chi connectivity index (χ1) is 11.6. The lowest BCUT2D eigenvalue weighted by atomic mass is 9.87. The zero-order chi connectivity index (χ0) is 17.0. The van der Waals surface area contributed by atoms with Gasteiger partial charge in [0.2, 0.25) is 5.91 Å². The second kappa shape index (κ2) is 7.18. The normalized spacial score (nSPS) is 18.1. The molecule has 2 N–H and O–H groups in total. The van der Waals surface area contributed by atoms with Gasteiger partial charge in [0.15, 0.2) is 0 Å². The van der Waals surface area contributed by atoms with Crippen molar-refractivity contribution in [1.29, 1.82) is 0 Å². The molecule has 0 aliphatic carbocycles. The highest BCUT2D eigenvalue weighted by atomic mass is 16.2. The zero-order valence-electron chi connectivity index (χ0n) is 14.5. The number of aryl methyl sites for hydroxylation is 1. The van der Waals surface area contributed by atoms with Crippen molar-refractivity contribution in [2.24, 2.45) is 0 Å². The van der Waals surface area contributed by atoms with Crippen molar-refractivity contribution in [3.05, 3.63) is 53.9 Å². The first kappa shape index (κ1) is 16.7. The maximum Gasteiger partial charge on any atom is 0.248 e. The third kappa shape index (κ3) is 3.36. The number of rotatable bonds is 5. The molecule has 5 nitrogen and oxygen atoms in total. The Kier molecular flexibility index (Phi) is 5.00. The number of nitrogens with zero attached hydrogens (tertiary/aromatic N) is 2. The third-order valence-corrected chi connectivity index (χ3v) is 5.01. The molecule has 1 aromatic carbocycles. The van der Waals surface area contributed by atoms with Crippen LogP contribution >= 0.6 is 0 Å². The van der Waals surface area contributed by atoms with Gasteiger partial charge in [0.05, 0.1) is 0 Å². The lowest BCUT2D eigenvalue weighted by Gasteiger charge is -2.36. The minimum atomic E-state index is -0.568. The molecule has 3 rings (SSSR count). The third-order valence-electron chi connectivity index (χ3n) is 5.01. The summed E-state index contributed by atoms with van der Waals surface area (Å²) >= 11 is 0. The van der Waals surface area contributed by atoms with E-state index in [-0.39, 0.29) is 11.8 Å². The number of carbonyl (C=O) groups excluding carboxylic acids is 1. The van der Waals surface area contributed by atoms with E-state index in [4.69, 9.17) is 0 Å². The molecule has 24 heavy (non-hydrogen) atoms. The van der Waals surface area contributed by atoms with E-state index < -0.39 is 5.54 Å². The summed E-state index contributed by atoms with van der Waals surface area (Å²) < 4.78 is 1.83. The van der Waals surface area contributed by atoms with Crippen LogP contribution in [0.3, 0.4) is 0 Å². The van der Waals surface area contributed by atoms with Crippen molar-refractivity contribution in [2.45, 2.75) is 38.1 Å². The molecule has 2 aromatic rings. The van der Waals surface area contributed by atoms with Gasteiger partial charge >= 0.3 is 0 Å². The van der Waals surface area contributed by atoms with Gasteiger partial charge < -0.3 is 10.6 Å². The summed E-state index contributed by atoms with van der Waals surface area (Å²) in [4.78, 5) is 13.0. The van der Waals surface area contributed by atoms with Crippen LogP contribution in [0.5, 0.6) is 0 Å². The minimum absolute atomic E-state index is 0.0756. The van der Waals surface area contributed by atoms with E-state index in [1.165, 1.54) is 11.1 Å². The molecule has 0 radical (unpaired) electrons. The van der Waals surface area contributed by atoms with Crippen LogP contribution in [0, 0.1) is 6.92 Å². The topological polar surface area (TPSA) is 59.0 Å². The maximum absolute atomic E-state index is 13.0. The molecule has 0 saturated carbocycles. The summed E-state index contributed by atoms with van der Waals surface area (Å²) in [5.74, 6) is 0.359. The van der Waals surface area contributed by atoms with Gasteiger partial charge in [0.25, 0.3) is 0 Å². The predicted molar refractivity (Wildman–Crippen MR) is 94.9 cm³/mol. The molecule has 0 bridgehead atoms. The Labute approximate surface area is 143 Å². The van der Waals surface area contributed by atoms with Gasteiger partial charge in [0, 0.05) is 18.9 Å². The van der Waals surface area contributed by atoms with Gasteiger partial charge in [-0.2, -0.15) is 5.10 Å². The summed E-state index contributed by atoms with van der Waals surface area (Å²) in [5.41, 5.74) is 1.93. The smallest absolute Gasteiger partial charge is 0.248 e. The van der Waals surface area contributed by atoms with Gasteiger partial charge in [-0.3, -0.25) is 9.48 Å². The van der Waals surface area contributed by atoms with Crippen LogP contribution in [0.4, 0.5) is 0 Å². The van der Waals surface area contributed by atoms with E-state index in [1.807, 2.05) is 16.9 Å². The van der Waals surface area contributed by atoms with E-state index in [0.717, 1.165) is 25.9 Å². The van der Waals surface area contributed by atoms with Crippen molar-refractivity contribution in [3.63, 3.8) is 0 Å². The molecule has 1 atom stereocenters. The molecule has 1 fully saturated rings. The number of carbonyl (C=O) groups is 1. The summed E-state index contributed by atoms with van der Waals surface area (Å²) in [6, 6.07) is 10.4. The largest absolute Gasteiger partial charge is 0.353 e. The molecule has 1 unspecified atom stereocenters. The second-order valence-corrected chi connectivity index (χ2v) is 6.75. The number of piperidine rings is 1. The molecule has 128 valence electrons. The first-order valence-corrected chi connectivity index (χ1v) is 8.67. The first-order valence-electron chi connectivity index (χ1n) is 8.67. The standard InChI is InChI=1S/C19H26N4O/c1-15-4-6-17(7-5-15)16(2)14-21-18(24)19(8-11-20-12-9-19)23-13-3-10-22-23/h3-7,10,13,16,20H,8-9,11-12,14H2,1-2H3,(H,21,24). The predicted octanol–water partition coefficient (Wildman–Crippen LogP) is 2.19. The Balaban J connectivity index is 1.69. The molecule has 2 heterocycles. The number of aromatic nitrogens is 2. The number of hydrogen-bond acceptors (Lipinski definition) is 3. The van der Waals surface area contributed by atoms with E-state index in [9.17, 15) is 4.79 Å². The average molecular weight is 326 g/mol. The van der Waals surface area contributed by atoms with Gasteiger partial charge in [0.1, 0.15) is 5.54 Å². The highest BCUT2D eigenvalue weighted by Gasteiger charge is 2.41. The number of nitrogens with one attached hydrogen (secondary N) is 2. The molecule has 1 aliphatic heterocycles. The lowest BCUT2D eigenvalue weighted by molar-refractivity contribution is -0.132. The van der Waals surface area contributed by atoms with E-state index in [2.05, 4.69) is 53.8 Å². The zero-order valence-corrected chi connectivity index (χ0v) is 14.5. The Morgan fingerprint density at radius 3 is 2.67 bits per heavy atom. The monoisotopic (exact) mass is 326 g/mol. The summed E-state index contributed by atoms with van der Waals surface area (Å²) in [6.45, 7) is 6.54. The van der Waals surface area contributed by atoms with Crippen molar-refractivity contribution in [3.8, 4) is 0 Å². The van der Waals surface area contributed by atoms with Gasteiger partial charge in [-0.1, -0.05) is 36.8 Å². The number of hydrogen-bond donors (Lipinski definition) is 2. The highest BCUT2D eigenvalue weighted by Crippen LogP contribution is 2.27. The van der Waals surface area contributed by atoms with E-state index in [0.29, 0.717) is 6.54 Å². The van der Waals surface area contributed by atoms with Crippen LogP contribution in [0.2, 0.25) is 0 Å². The molecule has 1 aromatic heterocycles. The van der Waals surface area contributed by atoms with Crippen LogP contribution in [-0.2, 0) is 10.3 Å². The summed E-state index contributed by atoms with van der Waals surface area (Å²) in [6.07, 6.45) is 5.17. The molecule has 1 saturated heterocycles. The van der Waals surface area contributed by atoms with Gasteiger partial charge in [-0.25, -0.2) is 0 Å². The average Bonchev–Trinajstić information content (AvgIpc) is 3.15. The van der Waals surface area contributed by atoms with Crippen LogP contribution < -0.4 is 10.6 Å².